The molecule has 0 bridgehead atoms. The van der Waals surface area contributed by atoms with E-state index in [1.165, 1.54) is 0 Å². The van der Waals surface area contributed by atoms with Crippen LogP contribution in [0.4, 0.5) is 0 Å². The minimum Gasteiger partial charge on any atom is -0.491 e. The van der Waals surface area contributed by atoms with Crippen molar-refractivity contribution in [3.05, 3.63) is 29.8 Å². The Morgan fingerprint density at radius 2 is 2.18 bits per heavy atom. The Bertz CT molecular complexity index is 395. The molecule has 1 aromatic rings. The smallest absolute Gasteiger partial charge is 0.240 e. The van der Waals surface area contributed by atoms with Crippen LogP contribution in [0.1, 0.15) is 12.5 Å². The van der Waals surface area contributed by atoms with Crippen LogP contribution in [0.3, 0.4) is 0 Å². The van der Waals surface area contributed by atoms with Crippen molar-refractivity contribution in [2.45, 2.75) is 19.1 Å². The first-order valence-corrected chi connectivity index (χ1v) is 5.34. The Morgan fingerprint density at radius 3 is 2.71 bits per heavy atom. The maximum Gasteiger partial charge on any atom is 0.240 e. The van der Waals surface area contributed by atoms with E-state index in [0.29, 0.717) is 11.3 Å². The van der Waals surface area contributed by atoms with Gasteiger partial charge in [-0.15, -0.1) is 0 Å². The summed E-state index contributed by atoms with van der Waals surface area (Å²) in [6.45, 7) is 1.66. The normalized spacial score (nSPS) is 14.1. The molecule has 1 unspecified atom stereocenters. The Kier molecular flexibility index (Phi) is 4.48. The molecule has 1 amide bonds. The molecular weight excluding hydrogens is 220 g/mol. The SMILES string of the molecule is CNC(C)(COc1ccccc1CO)C(N)=O. The molecule has 0 spiro atoms. The van der Waals surface area contributed by atoms with Gasteiger partial charge in [-0.25, -0.2) is 0 Å². The molecule has 5 nitrogen and oxygen atoms in total. The number of carbonyl (C=O) groups is 1. The second kappa shape index (κ2) is 5.65. The summed E-state index contributed by atoms with van der Waals surface area (Å²) in [6, 6.07) is 7.11. The Morgan fingerprint density at radius 1 is 1.53 bits per heavy atom. The second-order valence-corrected chi connectivity index (χ2v) is 4.00. The van der Waals surface area contributed by atoms with Gasteiger partial charge in [-0.2, -0.15) is 0 Å². The lowest BCUT2D eigenvalue weighted by Gasteiger charge is -2.25. The van der Waals surface area contributed by atoms with Gasteiger partial charge in [0, 0.05) is 5.56 Å². The number of ether oxygens (including phenoxy) is 1. The maximum absolute atomic E-state index is 11.3. The number of aliphatic hydroxyl groups is 1. The van der Waals surface area contributed by atoms with Crippen molar-refractivity contribution in [2.24, 2.45) is 5.73 Å². The highest BCUT2D eigenvalue weighted by molar-refractivity contribution is 5.84. The van der Waals surface area contributed by atoms with Gasteiger partial charge >= 0.3 is 0 Å². The number of rotatable bonds is 6. The van der Waals surface area contributed by atoms with Crippen LogP contribution in [-0.2, 0) is 11.4 Å². The van der Waals surface area contributed by atoms with E-state index in [0.717, 1.165) is 0 Å². The number of benzene rings is 1. The van der Waals surface area contributed by atoms with Gasteiger partial charge < -0.3 is 20.9 Å². The largest absolute Gasteiger partial charge is 0.491 e. The highest BCUT2D eigenvalue weighted by Crippen LogP contribution is 2.19. The third kappa shape index (κ3) is 3.18. The van der Waals surface area contributed by atoms with Gasteiger partial charge in [-0.1, -0.05) is 18.2 Å². The number of aliphatic hydroxyl groups excluding tert-OH is 1. The summed E-state index contributed by atoms with van der Waals surface area (Å²) >= 11 is 0. The summed E-state index contributed by atoms with van der Waals surface area (Å²) < 4.78 is 5.52. The average Bonchev–Trinajstić information content (AvgIpc) is 2.36. The number of hydrogen-bond acceptors (Lipinski definition) is 4. The zero-order valence-electron chi connectivity index (χ0n) is 10.1. The van der Waals surface area contributed by atoms with Crippen LogP contribution in [0.2, 0.25) is 0 Å². The highest BCUT2D eigenvalue weighted by atomic mass is 16.5. The highest BCUT2D eigenvalue weighted by Gasteiger charge is 2.30. The molecule has 0 aliphatic rings. The molecule has 0 aliphatic carbocycles. The first-order chi connectivity index (χ1) is 8.03. The molecule has 4 N–H and O–H groups in total. The molecule has 0 radical (unpaired) electrons. The average molecular weight is 238 g/mol. The molecule has 1 atom stereocenters. The quantitative estimate of drug-likeness (QED) is 0.652. The lowest BCUT2D eigenvalue weighted by molar-refractivity contribution is -0.124. The number of nitrogens with one attached hydrogen (secondary N) is 1. The van der Waals surface area contributed by atoms with E-state index in [1.807, 2.05) is 6.07 Å². The van der Waals surface area contributed by atoms with E-state index >= 15 is 0 Å². The number of nitrogens with two attached hydrogens (primary N) is 1. The van der Waals surface area contributed by atoms with Crippen molar-refractivity contribution in [3.63, 3.8) is 0 Å². The maximum atomic E-state index is 11.3. The molecule has 0 fully saturated rings. The molecule has 94 valence electrons. The third-order valence-corrected chi connectivity index (χ3v) is 2.75. The van der Waals surface area contributed by atoms with Crippen molar-refractivity contribution in [2.75, 3.05) is 13.7 Å². The third-order valence-electron chi connectivity index (χ3n) is 2.75. The zero-order valence-corrected chi connectivity index (χ0v) is 10.1. The van der Waals surface area contributed by atoms with Gasteiger partial charge in [0.2, 0.25) is 5.91 Å². The number of primary amides is 1. The molecule has 1 aromatic carbocycles. The van der Waals surface area contributed by atoms with Crippen molar-refractivity contribution >= 4 is 5.91 Å². The first-order valence-electron chi connectivity index (χ1n) is 5.34. The Labute approximate surface area is 101 Å². The van der Waals surface area contributed by atoms with Crippen LogP contribution >= 0.6 is 0 Å². The molecule has 17 heavy (non-hydrogen) atoms. The molecule has 0 aromatic heterocycles. The molecule has 0 saturated carbocycles. The number of para-hydroxylation sites is 1. The molecule has 1 rings (SSSR count). The fourth-order valence-electron chi connectivity index (χ4n) is 1.26. The van der Waals surface area contributed by atoms with Crippen LogP contribution in [-0.4, -0.2) is 30.2 Å². The van der Waals surface area contributed by atoms with Crippen LogP contribution in [0.15, 0.2) is 24.3 Å². The Hall–Kier alpha value is -1.59. The van der Waals surface area contributed by atoms with Gasteiger partial charge in [0.25, 0.3) is 0 Å². The lowest BCUT2D eigenvalue weighted by Crippen LogP contribution is -2.55. The van der Waals surface area contributed by atoms with Crippen molar-refractivity contribution in [3.8, 4) is 5.75 Å². The molecule has 5 heteroatoms. The topological polar surface area (TPSA) is 84.6 Å². The monoisotopic (exact) mass is 238 g/mol. The van der Waals surface area contributed by atoms with Gasteiger partial charge in [-0.05, 0) is 20.0 Å². The van der Waals surface area contributed by atoms with E-state index in [4.69, 9.17) is 15.6 Å². The number of amides is 1. The molecule has 0 saturated heterocycles. The standard InChI is InChI=1S/C12H18N2O3/c1-12(14-2,11(13)16)8-17-10-6-4-3-5-9(10)7-15/h3-6,14-15H,7-8H2,1-2H3,(H2,13,16). The fourth-order valence-corrected chi connectivity index (χ4v) is 1.26. The second-order valence-electron chi connectivity index (χ2n) is 4.00. The summed E-state index contributed by atoms with van der Waals surface area (Å²) in [5.74, 6) is 0.0687. The summed E-state index contributed by atoms with van der Waals surface area (Å²) in [4.78, 5) is 11.3. The number of carbonyl (C=O) groups excluding carboxylic acids is 1. The van der Waals surface area contributed by atoms with Crippen LogP contribution in [0.25, 0.3) is 0 Å². The van der Waals surface area contributed by atoms with Gasteiger partial charge in [-0.3, -0.25) is 4.79 Å². The van der Waals surface area contributed by atoms with Gasteiger partial charge in [0.1, 0.15) is 17.9 Å². The fraction of sp³-hybridized carbons (Fsp3) is 0.417. The van der Waals surface area contributed by atoms with Crippen LogP contribution in [0, 0.1) is 0 Å². The van der Waals surface area contributed by atoms with Gasteiger partial charge in [0.05, 0.1) is 6.61 Å². The van der Waals surface area contributed by atoms with E-state index in [-0.39, 0.29) is 13.2 Å². The van der Waals surface area contributed by atoms with Crippen molar-refractivity contribution in [1.29, 1.82) is 0 Å². The Balaban J connectivity index is 2.76. The van der Waals surface area contributed by atoms with E-state index in [9.17, 15) is 4.79 Å². The summed E-state index contributed by atoms with van der Waals surface area (Å²) in [6.07, 6.45) is 0. The summed E-state index contributed by atoms with van der Waals surface area (Å²) in [5.41, 5.74) is 5.03. The van der Waals surface area contributed by atoms with Gasteiger partial charge in [0.15, 0.2) is 0 Å². The predicted octanol–water partition coefficient (Wildman–Crippen LogP) is 0.0211. The van der Waals surface area contributed by atoms with Crippen LogP contribution in [0.5, 0.6) is 5.75 Å². The molecular formula is C12H18N2O3. The summed E-state index contributed by atoms with van der Waals surface area (Å²) in [7, 11) is 1.64. The van der Waals surface area contributed by atoms with Crippen LogP contribution < -0.4 is 15.8 Å². The van der Waals surface area contributed by atoms with Crippen molar-refractivity contribution < 1.29 is 14.6 Å². The van der Waals surface area contributed by atoms with E-state index < -0.39 is 11.4 Å². The first kappa shape index (κ1) is 13.5. The van der Waals surface area contributed by atoms with Crippen molar-refractivity contribution in [1.82, 2.24) is 5.32 Å². The summed E-state index contributed by atoms with van der Waals surface area (Å²) in [5, 5.41) is 12.0. The minimum atomic E-state index is -0.928. The molecule has 0 aliphatic heterocycles. The molecule has 0 heterocycles. The zero-order chi connectivity index (χ0) is 12.9. The van der Waals surface area contributed by atoms with E-state index in [1.54, 1.807) is 32.2 Å². The number of hydrogen-bond donors (Lipinski definition) is 3. The number of likely N-dealkylation sites (N-methyl/N-ethyl adjacent to an activating group) is 1. The predicted molar refractivity (Wildman–Crippen MR) is 64.5 cm³/mol. The lowest BCUT2D eigenvalue weighted by atomic mass is 10.0. The minimum absolute atomic E-state index is 0.107. The van der Waals surface area contributed by atoms with E-state index in [2.05, 4.69) is 5.32 Å².